The average Bonchev–Trinajstić information content (AvgIpc) is 2.45. The molecular weight excluding hydrogens is 226 g/mol. The molecule has 0 aliphatic rings. The number of para-hydroxylation sites is 1. The molecular formula is C15H13NO2. The van der Waals surface area contributed by atoms with Crippen LogP contribution >= 0.6 is 0 Å². The normalized spacial score (nSPS) is 9.78. The molecule has 0 saturated carbocycles. The van der Waals surface area contributed by atoms with Gasteiger partial charge in [-0.15, -0.1) is 0 Å². The molecule has 0 heterocycles. The first-order valence-electron chi connectivity index (χ1n) is 5.62. The second-order valence-corrected chi connectivity index (χ2v) is 3.77. The number of nitrogens with one attached hydrogen (secondary N) is 1. The SMILES string of the molecule is N=CC(=O)c1ccccc1COc1ccccc1. The molecule has 0 aromatic heterocycles. The summed E-state index contributed by atoms with van der Waals surface area (Å²) in [6.45, 7) is 0.319. The molecule has 0 fully saturated rings. The third-order valence-electron chi connectivity index (χ3n) is 2.55. The minimum absolute atomic E-state index is 0.303. The van der Waals surface area contributed by atoms with Crippen molar-refractivity contribution in [2.75, 3.05) is 0 Å². The van der Waals surface area contributed by atoms with Gasteiger partial charge in [-0.1, -0.05) is 42.5 Å². The van der Waals surface area contributed by atoms with Crippen molar-refractivity contribution in [2.45, 2.75) is 6.61 Å². The molecule has 0 atom stereocenters. The molecule has 2 rings (SSSR count). The Labute approximate surface area is 106 Å². The zero-order valence-corrected chi connectivity index (χ0v) is 9.80. The van der Waals surface area contributed by atoms with Crippen LogP contribution in [0.2, 0.25) is 0 Å². The summed E-state index contributed by atoms with van der Waals surface area (Å²) < 4.78 is 5.60. The van der Waals surface area contributed by atoms with Gasteiger partial charge < -0.3 is 10.1 Å². The summed E-state index contributed by atoms with van der Waals surface area (Å²) in [7, 11) is 0. The highest BCUT2D eigenvalue weighted by Crippen LogP contribution is 2.14. The van der Waals surface area contributed by atoms with Crippen molar-refractivity contribution in [3.05, 3.63) is 65.7 Å². The summed E-state index contributed by atoms with van der Waals surface area (Å²) in [4.78, 5) is 11.5. The number of carbonyl (C=O) groups is 1. The van der Waals surface area contributed by atoms with Gasteiger partial charge in [-0.2, -0.15) is 0 Å². The van der Waals surface area contributed by atoms with Gasteiger partial charge in [0.25, 0.3) is 0 Å². The van der Waals surface area contributed by atoms with E-state index in [2.05, 4.69) is 0 Å². The van der Waals surface area contributed by atoms with Gasteiger partial charge in [-0.3, -0.25) is 4.79 Å². The number of hydrogen-bond donors (Lipinski definition) is 1. The van der Waals surface area contributed by atoms with E-state index in [9.17, 15) is 4.79 Å². The van der Waals surface area contributed by atoms with Crippen molar-refractivity contribution < 1.29 is 9.53 Å². The lowest BCUT2D eigenvalue weighted by atomic mass is 10.0. The maximum Gasteiger partial charge on any atom is 0.203 e. The van der Waals surface area contributed by atoms with Gasteiger partial charge >= 0.3 is 0 Å². The van der Waals surface area contributed by atoms with Gasteiger partial charge in [-0.05, 0) is 12.1 Å². The number of ketones is 1. The maximum atomic E-state index is 11.5. The van der Waals surface area contributed by atoms with Crippen molar-refractivity contribution in [1.82, 2.24) is 0 Å². The molecule has 0 aliphatic carbocycles. The topological polar surface area (TPSA) is 50.2 Å². The summed E-state index contributed by atoms with van der Waals surface area (Å²) in [6.07, 6.45) is 0.821. The Hall–Kier alpha value is -2.42. The fourth-order valence-corrected chi connectivity index (χ4v) is 1.64. The van der Waals surface area contributed by atoms with E-state index in [0.29, 0.717) is 12.2 Å². The highest BCUT2D eigenvalue weighted by atomic mass is 16.5. The Morgan fingerprint density at radius 1 is 1.06 bits per heavy atom. The van der Waals surface area contributed by atoms with Crippen LogP contribution in [0.15, 0.2) is 54.6 Å². The van der Waals surface area contributed by atoms with Crippen LogP contribution in [0.25, 0.3) is 0 Å². The highest BCUT2D eigenvalue weighted by molar-refractivity contribution is 6.34. The first-order valence-corrected chi connectivity index (χ1v) is 5.62. The lowest BCUT2D eigenvalue weighted by molar-refractivity contribution is 0.106. The first kappa shape index (κ1) is 12.0. The Morgan fingerprint density at radius 3 is 2.44 bits per heavy atom. The molecule has 3 heteroatoms. The van der Waals surface area contributed by atoms with E-state index in [1.807, 2.05) is 42.5 Å². The van der Waals surface area contributed by atoms with Crippen LogP contribution in [0.1, 0.15) is 15.9 Å². The Kier molecular flexibility index (Phi) is 3.86. The number of Topliss-reactive ketones (excluding diaryl/α,β-unsaturated/α-hetero) is 1. The number of carbonyl (C=O) groups excluding carboxylic acids is 1. The second kappa shape index (κ2) is 5.77. The van der Waals surface area contributed by atoms with Crippen molar-refractivity contribution in [3.63, 3.8) is 0 Å². The van der Waals surface area contributed by atoms with Gasteiger partial charge in [-0.25, -0.2) is 0 Å². The predicted octanol–water partition coefficient (Wildman–Crippen LogP) is 3.10. The lowest BCUT2D eigenvalue weighted by Crippen LogP contribution is -2.06. The lowest BCUT2D eigenvalue weighted by Gasteiger charge is -2.08. The van der Waals surface area contributed by atoms with Crippen LogP contribution in [0.4, 0.5) is 0 Å². The van der Waals surface area contributed by atoms with Crippen LogP contribution in [0.3, 0.4) is 0 Å². The third kappa shape index (κ3) is 2.83. The number of benzene rings is 2. The van der Waals surface area contributed by atoms with E-state index < -0.39 is 0 Å². The van der Waals surface area contributed by atoms with Crippen LogP contribution in [-0.4, -0.2) is 12.0 Å². The van der Waals surface area contributed by atoms with Crippen LogP contribution in [0, 0.1) is 5.41 Å². The molecule has 0 bridgehead atoms. The zero-order chi connectivity index (χ0) is 12.8. The highest BCUT2D eigenvalue weighted by Gasteiger charge is 2.08. The molecule has 0 aliphatic heterocycles. The zero-order valence-electron chi connectivity index (χ0n) is 9.80. The van der Waals surface area contributed by atoms with Crippen LogP contribution < -0.4 is 4.74 Å². The fraction of sp³-hybridized carbons (Fsp3) is 0.0667. The molecule has 0 amide bonds. The summed E-state index contributed by atoms with van der Waals surface area (Å²) in [5.41, 5.74) is 1.30. The van der Waals surface area contributed by atoms with E-state index in [0.717, 1.165) is 17.5 Å². The number of rotatable bonds is 5. The summed E-state index contributed by atoms with van der Waals surface area (Å²) >= 11 is 0. The fourth-order valence-electron chi connectivity index (χ4n) is 1.64. The van der Waals surface area contributed by atoms with E-state index in [-0.39, 0.29) is 5.78 Å². The van der Waals surface area contributed by atoms with Crippen molar-refractivity contribution in [3.8, 4) is 5.75 Å². The van der Waals surface area contributed by atoms with Crippen molar-refractivity contribution >= 4 is 12.0 Å². The van der Waals surface area contributed by atoms with Crippen molar-refractivity contribution in [1.29, 1.82) is 5.41 Å². The standard InChI is InChI=1S/C15H13NO2/c16-10-15(17)14-9-5-4-6-12(14)11-18-13-7-2-1-3-8-13/h1-10,16H,11H2. The van der Waals surface area contributed by atoms with E-state index in [4.69, 9.17) is 10.1 Å². The molecule has 2 aromatic rings. The monoisotopic (exact) mass is 239 g/mol. The summed E-state index contributed by atoms with van der Waals surface area (Å²) in [5, 5.41) is 7.02. The molecule has 18 heavy (non-hydrogen) atoms. The van der Waals surface area contributed by atoms with Crippen molar-refractivity contribution in [2.24, 2.45) is 0 Å². The predicted molar refractivity (Wildman–Crippen MR) is 70.3 cm³/mol. The molecule has 0 spiro atoms. The van der Waals surface area contributed by atoms with Gasteiger partial charge in [0.1, 0.15) is 12.4 Å². The van der Waals surface area contributed by atoms with Gasteiger partial charge in [0.2, 0.25) is 5.78 Å². The third-order valence-corrected chi connectivity index (χ3v) is 2.55. The summed E-state index contributed by atoms with van der Waals surface area (Å²) in [6, 6.07) is 16.6. The quantitative estimate of drug-likeness (QED) is 0.643. The van der Waals surface area contributed by atoms with Crippen LogP contribution in [-0.2, 0) is 6.61 Å². The van der Waals surface area contributed by atoms with Gasteiger partial charge in [0.15, 0.2) is 0 Å². The number of hydrogen-bond acceptors (Lipinski definition) is 3. The minimum Gasteiger partial charge on any atom is -0.489 e. The van der Waals surface area contributed by atoms with E-state index in [1.54, 1.807) is 12.1 Å². The number of ether oxygens (including phenoxy) is 1. The Balaban J connectivity index is 2.14. The summed E-state index contributed by atoms with van der Waals surface area (Å²) in [5.74, 6) is 0.455. The molecule has 0 unspecified atom stereocenters. The molecule has 90 valence electrons. The van der Waals surface area contributed by atoms with Crippen LogP contribution in [0.5, 0.6) is 5.75 Å². The van der Waals surface area contributed by atoms with E-state index >= 15 is 0 Å². The molecule has 2 aromatic carbocycles. The Morgan fingerprint density at radius 2 is 1.72 bits per heavy atom. The smallest absolute Gasteiger partial charge is 0.203 e. The molecule has 1 N–H and O–H groups in total. The van der Waals surface area contributed by atoms with E-state index in [1.165, 1.54) is 0 Å². The second-order valence-electron chi connectivity index (χ2n) is 3.77. The molecule has 0 saturated heterocycles. The maximum absolute atomic E-state index is 11.5. The largest absolute Gasteiger partial charge is 0.489 e. The molecule has 0 radical (unpaired) electrons. The molecule has 3 nitrogen and oxygen atoms in total. The Bertz CT molecular complexity index is 549. The minimum atomic E-state index is -0.303. The van der Waals surface area contributed by atoms with Gasteiger partial charge in [0, 0.05) is 11.1 Å². The first-order chi connectivity index (χ1) is 8.81. The van der Waals surface area contributed by atoms with Gasteiger partial charge in [0.05, 0.1) is 6.21 Å². The average molecular weight is 239 g/mol.